The highest BCUT2D eigenvalue weighted by Gasteiger charge is 2.07. The molecule has 0 atom stereocenters. The molecule has 0 radical (unpaired) electrons. The van der Waals surface area contributed by atoms with Crippen molar-refractivity contribution in [3.8, 4) is 11.5 Å². The topological polar surface area (TPSA) is 71.6 Å². The number of thiocarbonyl (C=S) groups is 1. The molecular formula is C12H17N3O3S. The van der Waals surface area contributed by atoms with Crippen molar-refractivity contribution >= 4 is 28.9 Å². The van der Waals surface area contributed by atoms with Crippen LogP contribution >= 0.6 is 12.2 Å². The van der Waals surface area contributed by atoms with Gasteiger partial charge in [0.25, 0.3) is 0 Å². The lowest BCUT2D eigenvalue weighted by Gasteiger charge is -2.14. The zero-order valence-electron chi connectivity index (χ0n) is 11.1. The Hall–Kier alpha value is -2.02. The van der Waals surface area contributed by atoms with Crippen LogP contribution in [0.25, 0.3) is 0 Å². The average molecular weight is 283 g/mol. The lowest BCUT2D eigenvalue weighted by molar-refractivity contribution is -0.121. The van der Waals surface area contributed by atoms with Gasteiger partial charge in [-0.05, 0) is 24.4 Å². The van der Waals surface area contributed by atoms with Crippen molar-refractivity contribution in [1.29, 1.82) is 0 Å². The van der Waals surface area contributed by atoms with E-state index in [9.17, 15) is 4.79 Å². The Morgan fingerprint density at radius 3 is 2.58 bits per heavy atom. The number of rotatable bonds is 4. The van der Waals surface area contributed by atoms with Crippen LogP contribution in [0.1, 0.15) is 13.3 Å². The molecule has 1 aromatic carbocycles. The van der Waals surface area contributed by atoms with Gasteiger partial charge in [0.15, 0.2) is 5.11 Å². The third kappa shape index (κ3) is 4.63. The maximum absolute atomic E-state index is 11.1. The first kappa shape index (κ1) is 15.0. The first-order valence-electron chi connectivity index (χ1n) is 5.68. The molecular weight excluding hydrogens is 266 g/mol. The quantitative estimate of drug-likeness (QED) is 0.573. The van der Waals surface area contributed by atoms with Gasteiger partial charge in [-0.25, -0.2) is 0 Å². The lowest BCUT2D eigenvalue weighted by atomic mass is 10.2. The van der Waals surface area contributed by atoms with Gasteiger partial charge in [0.1, 0.15) is 11.5 Å². The van der Waals surface area contributed by atoms with Crippen molar-refractivity contribution in [1.82, 2.24) is 10.9 Å². The molecule has 0 saturated heterocycles. The van der Waals surface area contributed by atoms with Gasteiger partial charge in [0.05, 0.1) is 19.9 Å². The molecule has 0 saturated carbocycles. The molecule has 0 spiro atoms. The molecule has 0 aliphatic carbocycles. The Morgan fingerprint density at radius 1 is 1.26 bits per heavy atom. The first-order chi connectivity index (χ1) is 9.10. The predicted molar refractivity (Wildman–Crippen MR) is 77.3 cm³/mol. The summed E-state index contributed by atoms with van der Waals surface area (Å²) in [4.78, 5) is 11.1. The van der Waals surface area contributed by atoms with Crippen LogP contribution in [0.3, 0.4) is 0 Å². The molecule has 0 aliphatic rings. The molecule has 6 nitrogen and oxygen atoms in total. The highest BCUT2D eigenvalue weighted by molar-refractivity contribution is 7.80. The fourth-order valence-corrected chi connectivity index (χ4v) is 1.43. The third-order valence-corrected chi connectivity index (χ3v) is 2.50. The van der Waals surface area contributed by atoms with Crippen LogP contribution in [0.2, 0.25) is 0 Å². The van der Waals surface area contributed by atoms with Gasteiger partial charge in [-0.2, -0.15) is 0 Å². The standard InChI is InChI=1S/C12H17N3O3S/c1-4-11(16)14-15-12(19)13-9-6-5-8(17-2)7-10(9)18-3/h5-7H,4H2,1-3H3,(H,14,16)(H2,13,15,19). The van der Waals surface area contributed by atoms with Gasteiger partial charge >= 0.3 is 0 Å². The van der Waals surface area contributed by atoms with Crippen LogP contribution in [0, 0.1) is 0 Å². The van der Waals surface area contributed by atoms with Crippen LogP contribution in [0.4, 0.5) is 5.69 Å². The summed E-state index contributed by atoms with van der Waals surface area (Å²) in [6.07, 6.45) is 0.376. The molecule has 3 N–H and O–H groups in total. The molecule has 1 amide bonds. The van der Waals surface area contributed by atoms with Crippen molar-refractivity contribution in [3.63, 3.8) is 0 Å². The summed E-state index contributed by atoms with van der Waals surface area (Å²) in [7, 11) is 3.13. The maximum atomic E-state index is 11.1. The van der Waals surface area contributed by atoms with E-state index in [0.29, 0.717) is 23.6 Å². The second-order valence-corrected chi connectivity index (χ2v) is 3.96. The number of carbonyl (C=O) groups is 1. The zero-order valence-corrected chi connectivity index (χ0v) is 11.9. The number of methoxy groups -OCH3 is 2. The summed E-state index contributed by atoms with van der Waals surface area (Å²) in [5, 5.41) is 3.19. The van der Waals surface area contributed by atoms with E-state index in [1.54, 1.807) is 39.3 Å². The van der Waals surface area contributed by atoms with Gasteiger partial charge in [0.2, 0.25) is 5.91 Å². The minimum atomic E-state index is -0.147. The number of carbonyl (C=O) groups excluding carboxylic acids is 1. The number of hydrogen-bond donors (Lipinski definition) is 3. The summed E-state index contributed by atoms with van der Waals surface area (Å²) >= 11 is 5.05. The molecule has 0 bridgehead atoms. The first-order valence-corrected chi connectivity index (χ1v) is 6.09. The SMILES string of the molecule is CCC(=O)NNC(=S)Nc1ccc(OC)cc1OC. The summed E-state index contributed by atoms with van der Waals surface area (Å²) in [6, 6.07) is 5.28. The van der Waals surface area contributed by atoms with Crippen LogP contribution < -0.4 is 25.6 Å². The van der Waals surface area contributed by atoms with Crippen LogP contribution in [0.5, 0.6) is 11.5 Å². The number of benzene rings is 1. The van der Waals surface area contributed by atoms with E-state index in [1.165, 1.54) is 0 Å². The minimum absolute atomic E-state index is 0.147. The Bertz CT molecular complexity index is 466. The Morgan fingerprint density at radius 2 is 2.00 bits per heavy atom. The molecule has 0 aliphatic heterocycles. The second kappa shape index (κ2) is 7.42. The number of ether oxygens (including phenoxy) is 2. The molecule has 19 heavy (non-hydrogen) atoms. The molecule has 1 aromatic rings. The summed E-state index contributed by atoms with van der Waals surface area (Å²) in [5.41, 5.74) is 5.72. The Balaban J connectivity index is 2.65. The smallest absolute Gasteiger partial charge is 0.238 e. The molecule has 0 fully saturated rings. The number of hydrazine groups is 1. The summed E-state index contributed by atoms with van der Waals surface area (Å²) in [6.45, 7) is 1.75. The maximum Gasteiger partial charge on any atom is 0.238 e. The summed E-state index contributed by atoms with van der Waals surface area (Å²) < 4.78 is 10.3. The molecule has 1 rings (SSSR count). The van der Waals surface area contributed by atoms with Crippen molar-refractivity contribution in [2.75, 3.05) is 19.5 Å². The van der Waals surface area contributed by atoms with Crippen molar-refractivity contribution in [3.05, 3.63) is 18.2 Å². The van der Waals surface area contributed by atoms with Crippen LogP contribution in [-0.2, 0) is 4.79 Å². The number of anilines is 1. The molecule has 7 heteroatoms. The normalized spacial score (nSPS) is 9.42. The van der Waals surface area contributed by atoms with E-state index in [2.05, 4.69) is 16.2 Å². The van der Waals surface area contributed by atoms with E-state index < -0.39 is 0 Å². The van der Waals surface area contributed by atoms with Crippen LogP contribution in [0.15, 0.2) is 18.2 Å². The Labute approximate surface area is 117 Å². The van der Waals surface area contributed by atoms with Crippen LogP contribution in [-0.4, -0.2) is 25.2 Å². The van der Waals surface area contributed by atoms with Gasteiger partial charge in [-0.1, -0.05) is 6.92 Å². The third-order valence-electron chi connectivity index (χ3n) is 2.29. The molecule has 0 heterocycles. The second-order valence-electron chi connectivity index (χ2n) is 3.55. The predicted octanol–water partition coefficient (Wildman–Crippen LogP) is 1.43. The largest absolute Gasteiger partial charge is 0.497 e. The molecule has 0 unspecified atom stereocenters. The van der Waals surface area contributed by atoms with Gasteiger partial charge in [0, 0.05) is 12.5 Å². The van der Waals surface area contributed by atoms with Crippen molar-refractivity contribution in [2.24, 2.45) is 0 Å². The average Bonchev–Trinajstić information content (AvgIpc) is 2.45. The highest BCUT2D eigenvalue weighted by Crippen LogP contribution is 2.28. The minimum Gasteiger partial charge on any atom is -0.497 e. The fraction of sp³-hybridized carbons (Fsp3) is 0.333. The summed E-state index contributed by atoms with van der Waals surface area (Å²) in [5.74, 6) is 1.12. The van der Waals surface area contributed by atoms with E-state index in [-0.39, 0.29) is 11.0 Å². The number of hydrogen-bond acceptors (Lipinski definition) is 4. The highest BCUT2D eigenvalue weighted by atomic mass is 32.1. The lowest BCUT2D eigenvalue weighted by Crippen LogP contribution is -2.43. The number of nitrogens with one attached hydrogen (secondary N) is 3. The monoisotopic (exact) mass is 283 g/mol. The van der Waals surface area contributed by atoms with E-state index in [1.807, 2.05) is 0 Å². The Kier molecular flexibility index (Phi) is 5.87. The number of amides is 1. The van der Waals surface area contributed by atoms with Crippen molar-refractivity contribution in [2.45, 2.75) is 13.3 Å². The molecule has 0 aromatic heterocycles. The van der Waals surface area contributed by atoms with E-state index >= 15 is 0 Å². The van der Waals surface area contributed by atoms with Crippen molar-refractivity contribution < 1.29 is 14.3 Å². The fourth-order valence-electron chi connectivity index (χ4n) is 1.27. The van der Waals surface area contributed by atoms with Gasteiger partial charge < -0.3 is 14.8 Å². The van der Waals surface area contributed by atoms with Gasteiger partial charge in [-0.3, -0.25) is 15.6 Å². The molecule has 104 valence electrons. The van der Waals surface area contributed by atoms with Gasteiger partial charge in [-0.15, -0.1) is 0 Å². The van der Waals surface area contributed by atoms with E-state index in [0.717, 1.165) is 0 Å². The zero-order chi connectivity index (χ0) is 14.3. The van der Waals surface area contributed by atoms with E-state index in [4.69, 9.17) is 21.7 Å².